The molecular formula is C25H30B3N7O5. The fourth-order valence-corrected chi connectivity index (χ4v) is 4.35. The lowest BCUT2D eigenvalue weighted by molar-refractivity contribution is -0.120. The Morgan fingerprint density at radius 1 is 1.15 bits per heavy atom. The van der Waals surface area contributed by atoms with Crippen molar-refractivity contribution < 1.29 is 23.6 Å². The molecule has 1 aromatic carbocycles. The molecule has 15 heteroatoms. The van der Waals surface area contributed by atoms with E-state index in [2.05, 4.69) is 36.4 Å². The Morgan fingerprint density at radius 2 is 1.90 bits per heavy atom. The Hall–Kier alpha value is -4.29. The zero-order chi connectivity index (χ0) is 28.7. The largest absolute Gasteiger partial charge is 0.494 e. The van der Waals surface area contributed by atoms with E-state index in [0.29, 0.717) is 34.3 Å². The van der Waals surface area contributed by atoms with Gasteiger partial charge in [0.1, 0.15) is 34.9 Å². The molecule has 0 atom stereocenters. The van der Waals surface area contributed by atoms with Gasteiger partial charge in [-0.1, -0.05) is 11.2 Å². The van der Waals surface area contributed by atoms with Crippen LogP contribution in [0, 0.1) is 5.92 Å². The molecule has 4 N–H and O–H groups in total. The van der Waals surface area contributed by atoms with Gasteiger partial charge in [0.2, 0.25) is 11.8 Å². The summed E-state index contributed by atoms with van der Waals surface area (Å²) in [5.74, 6) is 0.786. The van der Waals surface area contributed by atoms with Crippen molar-refractivity contribution >= 4 is 58.5 Å². The van der Waals surface area contributed by atoms with Gasteiger partial charge in [-0.3, -0.25) is 14.4 Å². The number of amides is 3. The fraction of sp³-hybridized carbons (Fsp3) is 0.360. The van der Waals surface area contributed by atoms with Crippen molar-refractivity contribution in [3.8, 4) is 17.2 Å². The molecule has 0 spiro atoms. The molecule has 2 aliphatic rings. The Kier molecular flexibility index (Phi) is 7.07. The number of para-hydroxylation sites is 1. The number of pyridine rings is 1. The van der Waals surface area contributed by atoms with Crippen LogP contribution < -0.4 is 26.0 Å². The zero-order valence-electron chi connectivity index (χ0n) is 23.2. The topological polar surface area (TPSA) is 160 Å². The summed E-state index contributed by atoms with van der Waals surface area (Å²) in [6, 6.07) is 6.98. The van der Waals surface area contributed by atoms with Gasteiger partial charge >= 0.3 is 0 Å². The van der Waals surface area contributed by atoms with Crippen LogP contribution in [-0.2, 0) is 15.1 Å². The predicted molar refractivity (Wildman–Crippen MR) is 156 cm³/mol. The first kappa shape index (κ1) is 27.3. The molecule has 5 rings (SSSR count). The molecule has 2 saturated carbocycles. The minimum atomic E-state index is -0.607. The first-order valence-electron chi connectivity index (χ1n) is 13.2. The second kappa shape index (κ2) is 10.4. The van der Waals surface area contributed by atoms with E-state index in [0.717, 1.165) is 25.7 Å². The maximum Gasteiger partial charge on any atom is 0.261 e. The Balaban J connectivity index is 1.48. The number of hydrogen-bond acceptors (Lipinski definition) is 9. The number of nitrogens with zero attached hydrogens (tertiary/aromatic N) is 3. The zero-order valence-corrected chi connectivity index (χ0v) is 23.2. The van der Waals surface area contributed by atoms with Crippen molar-refractivity contribution in [3.63, 3.8) is 0 Å². The molecule has 3 aromatic rings. The molecule has 12 nitrogen and oxygen atoms in total. The van der Waals surface area contributed by atoms with E-state index in [-0.39, 0.29) is 35.1 Å². The molecule has 204 valence electrons. The lowest BCUT2D eigenvalue weighted by Gasteiger charge is -2.22. The summed E-state index contributed by atoms with van der Waals surface area (Å²) in [4.78, 5) is 46.1. The molecular weight excluding hydrogens is 511 g/mol. The van der Waals surface area contributed by atoms with Crippen LogP contribution in [0.25, 0.3) is 11.5 Å². The van der Waals surface area contributed by atoms with Crippen LogP contribution in [0.2, 0.25) is 0 Å². The van der Waals surface area contributed by atoms with Gasteiger partial charge in [-0.2, -0.15) is 4.98 Å². The van der Waals surface area contributed by atoms with Crippen molar-refractivity contribution in [2.24, 2.45) is 5.92 Å². The number of aromatic nitrogens is 3. The molecule has 2 heterocycles. The van der Waals surface area contributed by atoms with Crippen LogP contribution in [0.15, 0.2) is 35.0 Å². The van der Waals surface area contributed by atoms with Gasteiger partial charge in [-0.25, -0.2) is 4.98 Å². The lowest BCUT2D eigenvalue weighted by Crippen LogP contribution is -2.50. The van der Waals surface area contributed by atoms with Crippen molar-refractivity contribution in [1.29, 1.82) is 0 Å². The quantitative estimate of drug-likeness (QED) is 0.251. The van der Waals surface area contributed by atoms with E-state index in [4.69, 9.17) is 9.26 Å². The number of nitrogens with one attached hydrogen (secondary N) is 4. The van der Waals surface area contributed by atoms with Crippen molar-refractivity contribution in [3.05, 3.63) is 41.9 Å². The molecule has 2 aromatic heterocycles. The molecule has 2 aliphatic carbocycles. The second-order valence-corrected chi connectivity index (χ2v) is 11.3. The molecule has 3 amide bonds. The van der Waals surface area contributed by atoms with Gasteiger partial charge in [0, 0.05) is 25.1 Å². The maximum atomic E-state index is 13.2. The number of hydrogen-bond donors (Lipinski definition) is 4. The number of carbonyl (C=O) groups excluding carboxylic acids is 3. The van der Waals surface area contributed by atoms with E-state index < -0.39 is 10.8 Å². The van der Waals surface area contributed by atoms with E-state index >= 15 is 0 Å². The first-order chi connectivity index (χ1) is 19.0. The van der Waals surface area contributed by atoms with E-state index in [1.165, 1.54) is 20.2 Å². The van der Waals surface area contributed by atoms with Crippen LogP contribution in [0.5, 0.6) is 5.75 Å². The highest BCUT2D eigenvalue weighted by atomic mass is 16.5. The standard InChI is InChI=1S/C25H30B3N7O5/c1-12(36)33-24(8-9-24)23-32-22(40-35-23)14-4-3-5-16(19(14)39-2)30-17-10-18(31-20(37)13-6-7-13)29-11-15(17)21(38)34-25(26,27)28/h3-5,10-11,13H,6-9,26-28H2,1-2H3,(H,33,36)(H,34,38)(H2,29,30,31,37). The summed E-state index contributed by atoms with van der Waals surface area (Å²) in [7, 11) is 7.18. The van der Waals surface area contributed by atoms with Crippen molar-refractivity contribution in [2.75, 3.05) is 17.7 Å². The van der Waals surface area contributed by atoms with E-state index in [1.54, 1.807) is 24.3 Å². The summed E-state index contributed by atoms with van der Waals surface area (Å²) in [5, 5.41) is 15.6. The van der Waals surface area contributed by atoms with E-state index in [9.17, 15) is 14.4 Å². The summed E-state index contributed by atoms with van der Waals surface area (Å²) in [6.45, 7) is 1.46. The summed E-state index contributed by atoms with van der Waals surface area (Å²) >= 11 is 0. The smallest absolute Gasteiger partial charge is 0.261 e. The molecule has 0 radical (unpaired) electrons. The minimum absolute atomic E-state index is 0.00132. The molecule has 40 heavy (non-hydrogen) atoms. The average Bonchev–Trinajstić information content (AvgIpc) is 3.81. The van der Waals surface area contributed by atoms with Crippen LogP contribution in [0.1, 0.15) is 48.8 Å². The van der Waals surface area contributed by atoms with Gasteiger partial charge in [0.25, 0.3) is 11.8 Å². The number of anilines is 3. The highest BCUT2D eigenvalue weighted by Crippen LogP contribution is 2.45. The summed E-state index contributed by atoms with van der Waals surface area (Å²) in [5.41, 5.74) is 1.16. The van der Waals surface area contributed by atoms with Gasteiger partial charge < -0.3 is 30.5 Å². The molecule has 2 fully saturated rings. The minimum Gasteiger partial charge on any atom is -0.494 e. The Morgan fingerprint density at radius 3 is 2.52 bits per heavy atom. The van der Waals surface area contributed by atoms with Gasteiger partial charge in [0.15, 0.2) is 11.6 Å². The average molecular weight is 541 g/mol. The third-order valence-electron chi connectivity index (χ3n) is 6.57. The normalized spacial score (nSPS) is 15.6. The number of ether oxygens (including phenoxy) is 1. The Bertz CT molecular complexity index is 1480. The fourth-order valence-electron chi connectivity index (χ4n) is 4.35. The number of carbonyl (C=O) groups is 3. The van der Waals surface area contributed by atoms with Crippen LogP contribution in [-0.4, -0.2) is 68.7 Å². The van der Waals surface area contributed by atoms with E-state index in [1.807, 2.05) is 23.5 Å². The number of rotatable bonds is 10. The third kappa shape index (κ3) is 5.97. The highest BCUT2D eigenvalue weighted by Gasteiger charge is 2.49. The molecule has 0 saturated heterocycles. The molecule has 0 aliphatic heterocycles. The van der Waals surface area contributed by atoms with Crippen molar-refractivity contribution in [1.82, 2.24) is 25.8 Å². The monoisotopic (exact) mass is 541 g/mol. The predicted octanol–water partition coefficient (Wildman–Crippen LogP) is -0.402. The molecule has 0 bridgehead atoms. The van der Waals surface area contributed by atoms with Gasteiger partial charge in [-0.05, 0) is 43.1 Å². The van der Waals surface area contributed by atoms with Crippen LogP contribution in [0.4, 0.5) is 17.2 Å². The summed E-state index contributed by atoms with van der Waals surface area (Å²) in [6.07, 6.45) is 4.60. The van der Waals surface area contributed by atoms with Crippen LogP contribution >= 0.6 is 0 Å². The van der Waals surface area contributed by atoms with Gasteiger partial charge in [0.05, 0.1) is 29.6 Å². The summed E-state index contributed by atoms with van der Waals surface area (Å²) < 4.78 is 11.3. The second-order valence-electron chi connectivity index (χ2n) is 11.3. The van der Waals surface area contributed by atoms with Crippen LogP contribution in [0.3, 0.4) is 0 Å². The van der Waals surface area contributed by atoms with Gasteiger partial charge in [-0.15, -0.1) is 0 Å². The third-order valence-corrected chi connectivity index (χ3v) is 6.57. The van der Waals surface area contributed by atoms with Crippen molar-refractivity contribution in [2.45, 2.75) is 43.4 Å². The Labute approximate surface area is 234 Å². The number of methoxy groups -OCH3 is 1. The number of benzene rings is 1. The highest BCUT2D eigenvalue weighted by molar-refractivity contribution is 6.60. The first-order valence-corrected chi connectivity index (χ1v) is 13.2. The lowest BCUT2D eigenvalue weighted by atomic mass is 9.49. The SMILES string of the molecule is BC(B)(B)NC(=O)c1cnc(NC(=O)C2CC2)cc1Nc1cccc(-c2nc(C3(NC(C)=O)CC3)no2)c1OC. The molecule has 0 unspecified atom stereocenters. The maximum absolute atomic E-state index is 13.2.